The molecule has 1 unspecified atom stereocenters. The van der Waals surface area contributed by atoms with Gasteiger partial charge in [-0.3, -0.25) is 14.9 Å². The lowest BCUT2D eigenvalue weighted by atomic mass is 9.71. The number of nitrogens with zero attached hydrogens (tertiary/aromatic N) is 3. The van der Waals surface area contributed by atoms with Crippen molar-refractivity contribution in [2.45, 2.75) is 51.0 Å². The number of aromatic nitrogens is 1. The van der Waals surface area contributed by atoms with Crippen LogP contribution in [0.4, 0.5) is 11.5 Å². The summed E-state index contributed by atoms with van der Waals surface area (Å²) in [6.45, 7) is 1.95. The van der Waals surface area contributed by atoms with E-state index in [0.717, 1.165) is 25.8 Å². The van der Waals surface area contributed by atoms with Gasteiger partial charge in [0.05, 0.1) is 4.92 Å². The Balaban J connectivity index is 1.52. The largest absolute Gasteiger partial charge is 0.365 e. The van der Waals surface area contributed by atoms with Gasteiger partial charge in [0.1, 0.15) is 12.0 Å². The zero-order valence-electron chi connectivity index (χ0n) is 15.0. The number of hydrogen-bond donors (Lipinski definition) is 2. The summed E-state index contributed by atoms with van der Waals surface area (Å²) in [5, 5.41) is 13.9. The van der Waals surface area contributed by atoms with E-state index in [0.29, 0.717) is 25.3 Å². The van der Waals surface area contributed by atoms with Gasteiger partial charge < -0.3 is 16.0 Å². The molecular formula is C18H27N5O3. The molecule has 26 heavy (non-hydrogen) atoms. The summed E-state index contributed by atoms with van der Waals surface area (Å²) in [6.07, 6.45) is 8.32. The summed E-state index contributed by atoms with van der Waals surface area (Å²) in [5.41, 5.74) is 5.97. The summed E-state index contributed by atoms with van der Waals surface area (Å²) in [4.78, 5) is 29.0. The van der Waals surface area contributed by atoms with Gasteiger partial charge in [-0.15, -0.1) is 0 Å². The Kier molecular flexibility index (Phi) is 5.70. The van der Waals surface area contributed by atoms with E-state index >= 15 is 0 Å². The number of nitrogens with two attached hydrogens (primary N) is 1. The van der Waals surface area contributed by atoms with Crippen LogP contribution in [-0.4, -0.2) is 46.4 Å². The molecule has 1 saturated heterocycles. The van der Waals surface area contributed by atoms with Crippen molar-refractivity contribution >= 4 is 17.4 Å². The molecule has 1 aromatic rings. The fourth-order valence-corrected chi connectivity index (χ4v) is 4.08. The molecule has 2 aliphatic rings. The molecule has 2 fully saturated rings. The average molecular weight is 361 g/mol. The standard InChI is InChI=1S/C18H27N5O3/c19-13-18(7-2-1-3-8-18)10-17(24)22-9-6-14(12-22)21-16-5-4-15(11-20-16)23(25)26/h4-5,11,14H,1-3,6-10,12-13,19H2,(H,20,21). The molecular weight excluding hydrogens is 334 g/mol. The first-order valence-electron chi connectivity index (χ1n) is 9.36. The van der Waals surface area contributed by atoms with Gasteiger partial charge in [-0.05, 0) is 37.3 Å². The Bertz CT molecular complexity index is 643. The maximum atomic E-state index is 12.7. The van der Waals surface area contributed by atoms with E-state index in [1.165, 1.54) is 31.5 Å². The maximum Gasteiger partial charge on any atom is 0.287 e. The van der Waals surface area contributed by atoms with E-state index < -0.39 is 4.92 Å². The van der Waals surface area contributed by atoms with Crippen LogP contribution in [0.1, 0.15) is 44.9 Å². The van der Waals surface area contributed by atoms with Crippen LogP contribution in [-0.2, 0) is 4.79 Å². The number of nitrogens with one attached hydrogen (secondary N) is 1. The van der Waals surface area contributed by atoms with Gasteiger partial charge in [-0.2, -0.15) is 0 Å². The van der Waals surface area contributed by atoms with Crippen LogP contribution in [0.3, 0.4) is 0 Å². The topological polar surface area (TPSA) is 114 Å². The highest BCUT2D eigenvalue weighted by atomic mass is 16.6. The Morgan fingerprint density at radius 3 is 2.77 bits per heavy atom. The van der Waals surface area contributed by atoms with E-state index in [9.17, 15) is 14.9 Å². The lowest BCUT2D eigenvalue weighted by Crippen LogP contribution is -2.40. The smallest absolute Gasteiger partial charge is 0.287 e. The van der Waals surface area contributed by atoms with Crippen LogP contribution in [0.15, 0.2) is 18.3 Å². The number of rotatable bonds is 6. The molecule has 2 heterocycles. The van der Waals surface area contributed by atoms with E-state index in [1.807, 2.05) is 4.90 Å². The summed E-state index contributed by atoms with van der Waals surface area (Å²) < 4.78 is 0. The predicted octanol–water partition coefficient (Wildman–Crippen LogP) is 2.30. The summed E-state index contributed by atoms with van der Waals surface area (Å²) >= 11 is 0. The molecule has 1 aromatic heterocycles. The number of hydrogen-bond acceptors (Lipinski definition) is 6. The molecule has 1 amide bonds. The molecule has 8 heteroatoms. The maximum absolute atomic E-state index is 12.7. The third-order valence-electron chi connectivity index (χ3n) is 5.73. The highest BCUT2D eigenvalue weighted by molar-refractivity contribution is 5.77. The number of anilines is 1. The lowest BCUT2D eigenvalue weighted by molar-refractivity contribution is -0.385. The first-order chi connectivity index (χ1) is 12.5. The normalized spacial score (nSPS) is 22.2. The second-order valence-electron chi connectivity index (χ2n) is 7.57. The number of likely N-dealkylation sites (tertiary alicyclic amines) is 1. The third-order valence-corrected chi connectivity index (χ3v) is 5.73. The quantitative estimate of drug-likeness (QED) is 0.593. The van der Waals surface area contributed by atoms with Gasteiger partial charge in [0.25, 0.3) is 5.69 Å². The minimum Gasteiger partial charge on any atom is -0.365 e. The monoisotopic (exact) mass is 361 g/mol. The number of carbonyl (C=O) groups excluding carboxylic acids is 1. The van der Waals surface area contributed by atoms with E-state index in [4.69, 9.17) is 5.73 Å². The van der Waals surface area contributed by atoms with Crippen LogP contribution in [0, 0.1) is 15.5 Å². The Hall–Kier alpha value is -2.22. The Labute approximate surface area is 153 Å². The van der Waals surface area contributed by atoms with Gasteiger partial charge >= 0.3 is 0 Å². The highest BCUT2D eigenvalue weighted by Crippen LogP contribution is 2.39. The molecule has 3 N–H and O–H groups in total. The van der Waals surface area contributed by atoms with Crippen molar-refractivity contribution < 1.29 is 9.72 Å². The second kappa shape index (κ2) is 7.99. The van der Waals surface area contributed by atoms with Crippen molar-refractivity contribution in [1.82, 2.24) is 9.88 Å². The molecule has 0 spiro atoms. The average Bonchev–Trinajstić information content (AvgIpc) is 3.11. The van der Waals surface area contributed by atoms with Gasteiger partial charge in [-0.25, -0.2) is 4.98 Å². The molecule has 1 aliphatic heterocycles. The number of carbonyl (C=O) groups is 1. The fourth-order valence-electron chi connectivity index (χ4n) is 4.08. The molecule has 142 valence electrons. The van der Waals surface area contributed by atoms with Gasteiger partial charge in [0.2, 0.25) is 5.91 Å². The van der Waals surface area contributed by atoms with Gasteiger partial charge in [0, 0.05) is 31.6 Å². The van der Waals surface area contributed by atoms with Crippen molar-refractivity contribution in [3.05, 3.63) is 28.4 Å². The SMILES string of the molecule is NCC1(CC(=O)N2CCC(Nc3ccc([N+](=O)[O-])cn3)C2)CCCCC1. The highest BCUT2D eigenvalue weighted by Gasteiger charge is 2.36. The van der Waals surface area contributed by atoms with Crippen molar-refractivity contribution in [2.24, 2.45) is 11.1 Å². The van der Waals surface area contributed by atoms with Gasteiger partial charge in [-0.1, -0.05) is 19.3 Å². The van der Waals surface area contributed by atoms with Crippen molar-refractivity contribution in [1.29, 1.82) is 0 Å². The minimum atomic E-state index is -0.467. The van der Waals surface area contributed by atoms with Crippen LogP contribution >= 0.6 is 0 Å². The zero-order valence-corrected chi connectivity index (χ0v) is 15.0. The minimum absolute atomic E-state index is 0.0131. The molecule has 8 nitrogen and oxygen atoms in total. The lowest BCUT2D eigenvalue weighted by Gasteiger charge is -2.36. The molecule has 0 bridgehead atoms. The number of nitro groups is 1. The Morgan fingerprint density at radius 2 is 2.15 bits per heavy atom. The molecule has 3 rings (SSSR count). The van der Waals surface area contributed by atoms with Crippen molar-refractivity contribution in [3.8, 4) is 0 Å². The first-order valence-corrected chi connectivity index (χ1v) is 9.36. The summed E-state index contributed by atoms with van der Waals surface area (Å²) in [6, 6.07) is 3.16. The van der Waals surface area contributed by atoms with Crippen molar-refractivity contribution in [2.75, 3.05) is 25.0 Å². The van der Waals surface area contributed by atoms with E-state index in [-0.39, 0.29) is 23.1 Å². The third kappa shape index (κ3) is 4.30. The zero-order chi connectivity index (χ0) is 18.6. The van der Waals surface area contributed by atoms with Crippen LogP contribution < -0.4 is 11.1 Å². The summed E-state index contributed by atoms with van der Waals surface area (Å²) in [7, 11) is 0. The van der Waals surface area contributed by atoms with Crippen LogP contribution in [0.25, 0.3) is 0 Å². The first kappa shape index (κ1) is 18.6. The summed E-state index contributed by atoms with van der Waals surface area (Å²) in [5.74, 6) is 0.791. The molecule has 1 saturated carbocycles. The molecule has 0 aromatic carbocycles. The van der Waals surface area contributed by atoms with E-state index in [2.05, 4.69) is 10.3 Å². The fraction of sp³-hybridized carbons (Fsp3) is 0.667. The predicted molar refractivity (Wildman–Crippen MR) is 98.7 cm³/mol. The molecule has 1 aliphatic carbocycles. The van der Waals surface area contributed by atoms with E-state index in [1.54, 1.807) is 6.07 Å². The Morgan fingerprint density at radius 1 is 1.38 bits per heavy atom. The molecule has 1 atom stereocenters. The molecule has 0 radical (unpaired) electrons. The van der Waals surface area contributed by atoms with Crippen LogP contribution in [0.5, 0.6) is 0 Å². The second-order valence-corrected chi connectivity index (χ2v) is 7.57. The van der Waals surface area contributed by atoms with Gasteiger partial charge in [0.15, 0.2) is 0 Å². The number of pyridine rings is 1. The number of amides is 1. The van der Waals surface area contributed by atoms with Crippen molar-refractivity contribution in [3.63, 3.8) is 0 Å². The van der Waals surface area contributed by atoms with Crippen LogP contribution in [0.2, 0.25) is 0 Å².